The topological polar surface area (TPSA) is 37.3 Å². The van der Waals surface area contributed by atoms with Gasteiger partial charge in [0.15, 0.2) is 0 Å². The molecule has 0 heterocycles. The number of aryl methyl sites for hydroxylation is 2. The van der Waals surface area contributed by atoms with Crippen LogP contribution in [0.2, 0.25) is 0 Å². The van der Waals surface area contributed by atoms with Gasteiger partial charge in [0.2, 0.25) is 0 Å². The normalized spacial score (nSPS) is 13.5. The Morgan fingerprint density at radius 1 is 0.650 bits per heavy atom. The van der Waals surface area contributed by atoms with Crippen LogP contribution in [0, 0.1) is 5.92 Å². The average Bonchev–Trinajstić information content (AvgIpc) is 2.84. The fourth-order valence-corrected chi connectivity index (χ4v) is 4.39. The van der Waals surface area contributed by atoms with Crippen LogP contribution in [0.3, 0.4) is 0 Å². The predicted molar refractivity (Wildman–Crippen MR) is 131 cm³/mol. The molecule has 40 heavy (non-hydrogen) atoms. The van der Waals surface area contributed by atoms with E-state index in [1.54, 1.807) is 6.07 Å². The van der Waals surface area contributed by atoms with Crippen molar-refractivity contribution in [2.75, 3.05) is 0 Å². The third kappa shape index (κ3) is 8.02. The second kappa shape index (κ2) is 11.5. The molecule has 0 aliphatic carbocycles. The lowest BCUT2D eigenvalue weighted by atomic mass is 9.86. The zero-order valence-electron chi connectivity index (χ0n) is 21.3. The van der Waals surface area contributed by atoms with Crippen molar-refractivity contribution >= 4 is 5.97 Å². The molecule has 2 nitrogen and oxygen atoms in total. The van der Waals surface area contributed by atoms with Crippen molar-refractivity contribution in [2.24, 2.45) is 5.92 Å². The second-order valence-corrected chi connectivity index (χ2v) is 9.97. The molecule has 0 amide bonds. The largest absolute Gasteiger partial charge is 0.481 e. The van der Waals surface area contributed by atoms with Gasteiger partial charge in [-0.3, -0.25) is 4.79 Å². The van der Waals surface area contributed by atoms with E-state index in [1.807, 2.05) is 13.8 Å². The highest BCUT2D eigenvalue weighted by molar-refractivity contribution is 5.77. The number of hydrogen-bond donors (Lipinski definition) is 1. The molecule has 3 aromatic rings. The highest BCUT2D eigenvalue weighted by Gasteiger charge is 2.37. The summed E-state index contributed by atoms with van der Waals surface area (Å²) in [5.74, 6) is -2.17. The van der Waals surface area contributed by atoms with Crippen molar-refractivity contribution in [1.82, 2.24) is 0 Å². The van der Waals surface area contributed by atoms with Crippen LogP contribution in [0.1, 0.15) is 59.6 Å². The summed E-state index contributed by atoms with van der Waals surface area (Å²) in [5, 5.41) is 9.84. The van der Waals surface area contributed by atoms with Crippen LogP contribution in [-0.2, 0) is 36.2 Å². The van der Waals surface area contributed by atoms with Crippen molar-refractivity contribution in [3.05, 3.63) is 94.0 Å². The third-order valence-corrected chi connectivity index (χ3v) is 6.32. The molecule has 0 fully saturated rings. The summed E-state index contributed by atoms with van der Waals surface area (Å²) in [4.78, 5) is 12.1. The number of rotatable bonds is 8. The smallest absolute Gasteiger partial charge is 0.416 e. The highest BCUT2D eigenvalue weighted by Crippen LogP contribution is 2.37. The molecule has 3 aromatic carbocycles. The number of carboxylic acids is 1. The summed E-state index contributed by atoms with van der Waals surface area (Å²) in [6.07, 6.45) is -14.6. The van der Waals surface area contributed by atoms with Gasteiger partial charge in [0.25, 0.3) is 0 Å². The Morgan fingerprint density at radius 3 is 1.55 bits per heavy atom. The Hall–Kier alpha value is -3.50. The van der Waals surface area contributed by atoms with Crippen LogP contribution in [-0.4, -0.2) is 11.1 Å². The molecule has 0 saturated heterocycles. The zero-order chi connectivity index (χ0) is 30.0. The Balaban J connectivity index is 2.06. The Bertz CT molecular complexity index is 1300. The van der Waals surface area contributed by atoms with Gasteiger partial charge in [-0.05, 0) is 83.3 Å². The average molecular weight is 576 g/mol. The maximum Gasteiger partial charge on any atom is 0.416 e. The van der Waals surface area contributed by atoms with Gasteiger partial charge in [-0.1, -0.05) is 44.2 Å². The molecule has 3 rings (SSSR count). The second-order valence-electron chi connectivity index (χ2n) is 9.97. The summed E-state index contributed by atoms with van der Waals surface area (Å²) in [6.45, 7) is 3.62. The summed E-state index contributed by atoms with van der Waals surface area (Å²) >= 11 is 0. The molecule has 216 valence electrons. The van der Waals surface area contributed by atoms with Gasteiger partial charge in [0.1, 0.15) is 0 Å². The lowest BCUT2D eigenvalue weighted by Gasteiger charge is -2.19. The summed E-state index contributed by atoms with van der Waals surface area (Å²) < 4.78 is 119. The minimum atomic E-state index is -5.00. The van der Waals surface area contributed by atoms with Crippen LogP contribution >= 0.6 is 0 Å². The fourth-order valence-electron chi connectivity index (χ4n) is 4.39. The molecule has 0 aromatic heterocycles. The molecule has 0 aliphatic rings. The van der Waals surface area contributed by atoms with E-state index in [2.05, 4.69) is 0 Å². The fraction of sp³-hybridized carbons (Fsp3) is 0.345. The summed E-state index contributed by atoms with van der Waals surface area (Å²) in [7, 11) is 0. The summed E-state index contributed by atoms with van der Waals surface area (Å²) in [5.41, 5.74) is -2.55. The van der Waals surface area contributed by atoms with Gasteiger partial charge in [0, 0.05) is 0 Å². The lowest BCUT2D eigenvalue weighted by Crippen LogP contribution is -2.15. The Labute approximate surface area is 224 Å². The Morgan fingerprint density at radius 2 is 1.12 bits per heavy atom. The molecular weight excluding hydrogens is 551 g/mol. The predicted octanol–water partition coefficient (Wildman–Crippen LogP) is 9.41. The van der Waals surface area contributed by atoms with Crippen molar-refractivity contribution in [1.29, 1.82) is 0 Å². The van der Waals surface area contributed by atoms with E-state index >= 15 is 0 Å². The first kappa shape index (κ1) is 31.0. The first-order valence-electron chi connectivity index (χ1n) is 12.2. The molecule has 11 heteroatoms. The number of alkyl halides is 9. The first-order chi connectivity index (χ1) is 18.3. The number of benzene rings is 3. The molecule has 0 radical (unpaired) electrons. The SMILES string of the molecule is CC(C)CC(C(=O)O)c1cc(CCc2cc(C(F)(F)F)cc(C(F)(F)F)c2)cc(-c2ccc(C(F)(F)F)cc2)c1. The highest BCUT2D eigenvalue weighted by atomic mass is 19.4. The zero-order valence-corrected chi connectivity index (χ0v) is 21.3. The molecule has 0 bridgehead atoms. The van der Waals surface area contributed by atoms with Crippen LogP contribution in [0.25, 0.3) is 11.1 Å². The standard InChI is InChI=1S/C29H25F9O2/c1-16(2)9-25(26(39)40)21-11-17(10-20(14-21)19-5-7-22(8-6-19)27(30,31)32)3-4-18-12-23(28(33,34)35)15-24(13-18)29(36,37)38/h5-8,10-16,25H,3-4,9H2,1-2H3,(H,39,40). The first-order valence-corrected chi connectivity index (χ1v) is 12.2. The molecule has 1 N–H and O–H groups in total. The number of hydrogen-bond acceptors (Lipinski definition) is 1. The van der Waals surface area contributed by atoms with E-state index in [9.17, 15) is 49.4 Å². The van der Waals surface area contributed by atoms with Gasteiger partial charge >= 0.3 is 24.5 Å². The van der Waals surface area contributed by atoms with Crippen molar-refractivity contribution in [2.45, 2.75) is 57.6 Å². The van der Waals surface area contributed by atoms with E-state index in [0.29, 0.717) is 34.4 Å². The third-order valence-electron chi connectivity index (χ3n) is 6.32. The van der Waals surface area contributed by atoms with Crippen LogP contribution in [0.5, 0.6) is 0 Å². The molecule has 0 spiro atoms. The van der Waals surface area contributed by atoms with E-state index in [1.165, 1.54) is 24.3 Å². The van der Waals surface area contributed by atoms with E-state index in [-0.39, 0.29) is 36.8 Å². The van der Waals surface area contributed by atoms with Gasteiger partial charge in [-0.15, -0.1) is 0 Å². The van der Waals surface area contributed by atoms with Crippen LogP contribution < -0.4 is 0 Å². The number of halogens is 9. The maximum atomic E-state index is 13.3. The van der Waals surface area contributed by atoms with E-state index in [0.717, 1.165) is 12.1 Å². The number of carbonyl (C=O) groups is 1. The van der Waals surface area contributed by atoms with E-state index in [4.69, 9.17) is 0 Å². The van der Waals surface area contributed by atoms with Gasteiger partial charge in [-0.25, -0.2) is 0 Å². The van der Waals surface area contributed by atoms with E-state index < -0.39 is 47.1 Å². The molecular formula is C29H25F9O2. The molecule has 1 atom stereocenters. The van der Waals surface area contributed by atoms with Crippen molar-refractivity contribution in [3.63, 3.8) is 0 Å². The minimum Gasteiger partial charge on any atom is -0.481 e. The van der Waals surface area contributed by atoms with Crippen LogP contribution in [0.4, 0.5) is 39.5 Å². The molecule has 0 saturated carbocycles. The monoisotopic (exact) mass is 576 g/mol. The molecule has 0 aliphatic heterocycles. The minimum absolute atomic E-state index is 0.0369. The van der Waals surface area contributed by atoms with Crippen LogP contribution in [0.15, 0.2) is 60.7 Å². The maximum absolute atomic E-state index is 13.3. The lowest BCUT2D eigenvalue weighted by molar-refractivity contribution is -0.143. The van der Waals surface area contributed by atoms with Crippen molar-refractivity contribution < 1.29 is 49.4 Å². The van der Waals surface area contributed by atoms with Gasteiger partial charge < -0.3 is 5.11 Å². The van der Waals surface area contributed by atoms with Gasteiger partial charge in [-0.2, -0.15) is 39.5 Å². The number of aliphatic carboxylic acids is 1. The molecule has 1 unspecified atom stereocenters. The quantitative estimate of drug-likeness (QED) is 0.271. The summed E-state index contributed by atoms with van der Waals surface area (Å²) in [6, 6.07) is 10.1. The Kier molecular flexibility index (Phi) is 8.96. The number of carboxylic acid groups (broad SMARTS) is 1. The van der Waals surface area contributed by atoms with Gasteiger partial charge in [0.05, 0.1) is 22.6 Å². The van der Waals surface area contributed by atoms with Crippen molar-refractivity contribution in [3.8, 4) is 11.1 Å².